The fraction of sp³-hybridized carbons (Fsp3) is 0.600. The van der Waals surface area contributed by atoms with Gasteiger partial charge in [-0.1, -0.05) is 0 Å². The van der Waals surface area contributed by atoms with Gasteiger partial charge < -0.3 is 15.0 Å². The lowest BCUT2D eigenvalue weighted by Crippen LogP contribution is -2.43. The molecule has 1 N–H and O–H groups in total. The van der Waals surface area contributed by atoms with Crippen molar-refractivity contribution in [3.8, 4) is 5.88 Å². The van der Waals surface area contributed by atoms with Gasteiger partial charge in [0.2, 0.25) is 5.88 Å². The zero-order valence-corrected chi connectivity index (χ0v) is 14.4. The molecule has 0 aromatic carbocycles. The number of rotatable bonds is 6. The first kappa shape index (κ1) is 21.4. The number of hydrogen-bond acceptors (Lipinski definition) is 4. The average molecular weight is 386 g/mol. The highest BCUT2D eigenvalue weighted by molar-refractivity contribution is 5.94. The molecule has 1 aromatic heterocycles. The van der Waals surface area contributed by atoms with Crippen molar-refractivity contribution in [3.63, 3.8) is 0 Å². The lowest BCUT2D eigenvalue weighted by Gasteiger charge is -2.31. The van der Waals surface area contributed by atoms with E-state index in [0.717, 1.165) is 12.8 Å². The van der Waals surface area contributed by atoms with Crippen molar-refractivity contribution in [1.29, 1.82) is 0 Å². The maximum absolute atomic E-state index is 12.8. The molecule has 1 amide bonds. The van der Waals surface area contributed by atoms with E-state index in [1.807, 2.05) is 7.05 Å². The van der Waals surface area contributed by atoms with Gasteiger partial charge in [0.1, 0.15) is 0 Å². The summed E-state index contributed by atoms with van der Waals surface area (Å²) in [6.07, 6.45) is -0.916. The normalized spacial score (nSPS) is 15.8. The number of ether oxygens (including phenoxy) is 1. The van der Waals surface area contributed by atoms with E-state index in [1.54, 1.807) is 4.90 Å². The van der Waals surface area contributed by atoms with Gasteiger partial charge in [-0.3, -0.25) is 4.79 Å². The van der Waals surface area contributed by atoms with Gasteiger partial charge in [-0.05, 0) is 26.0 Å². The molecule has 1 aromatic rings. The number of nitrogens with zero attached hydrogens (tertiary/aromatic N) is 2. The number of carbonyl (C=O) groups excluding carboxylic acids is 1. The number of piperidine rings is 1. The molecular formula is C15H20ClF4N3O2. The van der Waals surface area contributed by atoms with E-state index in [1.165, 1.54) is 18.3 Å². The van der Waals surface area contributed by atoms with E-state index in [4.69, 9.17) is 0 Å². The Morgan fingerprint density at radius 2 is 2.04 bits per heavy atom. The third-order valence-electron chi connectivity index (χ3n) is 3.91. The highest BCUT2D eigenvalue weighted by Crippen LogP contribution is 2.24. The second-order valence-corrected chi connectivity index (χ2v) is 5.59. The average Bonchev–Trinajstić information content (AvgIpc) is 2.60. The van der Waals surface area contributed by atoms with Crippen molar-refractivity contribution in [2.75, 3.05) is 26.7 Å². The summed E-state index contributed by atoms with van der Waals surface area (Å²) in [6.45, 7) is -0.241. The zero-order valence-electron chi connectivity index (χ0n) is 13.6. The number of nitrogens with one attached hydrogen (secondary N) is 1. The maximum atomic E-state index is 12.8. The molecule has 0 radical (unpaired) electrons. The van der Waals surface area contributed by atoms with Crippen molar-refractivity contribution in [3.05, 3.63) is 23.9 Å². The highest BCUT2D eigenvalue weighted by atomic mass is 35.5. The summed E-state index contributed by atoms with van der Waals surface area (Å²) in [5.74, 6) is -4.68. The Morgan fingerprint density at radius 1 is 1.40 bits per heavy atom. The molecule has 10 heteroatoms. The third-order valence-corrected chi connectivity index (χ3v) is 3.91. The van der Waals surface area contributed by atoms with Crippen LogP contribution in [0.5, 0.6) is 5.88 Å². The summed E-state index contributed by atoms with van der Waals surface area (Å²) >= 11 is 0. The fourth-order valence-corrected chi connectivity index (χ4v) is 2.38. The van der Waals surface area contributed by atoms with Crippen LogP contribution in [0.25, 0.3) is 0 Å². The predicted molar refractivity (Wildman–Crippen MR) is 85.9 cm³/mol. The minimum Gasteiger partial charge on any atom is -0.471 e. The zero-order chi connectivity index (χ0) is 17.7. The van der Waals surface area contributed by atoms with Crippen LogP contribution in [0.2, 0.25) is 0 Å². The van der Waals surface area contributed by atoms with Gasteiger partial charge in [-0.2, -0.15) is 8.78 Å². The van der Waals surface area contributed by atoms with Gasteiger partial charge in [-0.25, -0.2) is 13.8 Å². The van der Waals surface area contributed by atoms with Crippen LogP contribution < -0.4 is 10.1 Å². The molecule has 0 bridgehead atoms. The number of likely N-dealkylation sites (tertiary alicyclic amines) is 1. The molecule has 2 heterocycles. The third kappa shape index (κ3) is 5.71. The summed E-state index contributed by atoms with van der Waals surface area (Å²) in [5.41, 5.74) is 0.297. The molecule has 0 aliphatic carbocycles. The van der Waals surface area contributed by atoms with Gasteiger partial charge in [0, 0.05) is 31.4 Å². The second kappa shape index (κ2) is 9.19. The monoisotopic (exact) mass is 385 g/mol. The minimum absolute atomic E-state index is 0. The number of halogens is 5. The summed E-state index contributed by atoms with van der Waals surface area (Å²) in [6, 6.07) is 2.99. The molecule has 0 unspecified atom stereocenters. The first-order valence-electron chi connectivity index (χ1n) is 7.55. The van der Waals surface area contributed by atoms with Crippen molar-refractivity contribution >= 4 is 18.3 Å². The number of pyridine rings is 1. The molecule has 5 nitrogen and oxygen atoms in total. The molecular weight excluding hydrogens is 366 g/mol. The maximum Gasteiger partial charge on any atom is 0.340 e. The lowest BCUT2D eigenvalue weighted by atomic mass is 10.0. The van der Waals surface area contributed by atoms with Crippen molar-refractivity contribution in [2.45, 2.75) is 31.2 Å². The molecule has 1 fully saturated rings. The second-order valence-electron chi connectivity index (χ2n) is 5.59. The van der Waals surface area contributed by atoms with E-state index in [2.05, 4.69) is 15.0 Å². The van der Waals surface area contributed by atoms with E-state index < -0.39 is 19.0 Å². The number of alkyl halides is 4. The van der Waals surface area contributed by atoms with E-state index in [9.17, 15) is 22.4 Å². The van der Waals surface area contributed by atoms with Crippen molar-refractivity contribution < 1.29 is 27.1 Å². The van der Waals surface area contributed by atoms with Crippen LogP contribution in [-0.4, -0.2) is 60.9 Å². The van der Waals surface area contributed by atoms with Gasteiger partial charge in [0.15, 0.2) is 6.61 Å². The number of amides is 1. The first-order chi connectivity index (χ1) is 11.3. The van der Waals surface area contributed by atoms with E-state index >= 15 is 0 Å². The Hall–Kier alpha value is -1.61. The molecule has 1 aliphatic rings. The smallest absolute Gasteiger partial charge is 0.340 e. The topological polar surface area (TPSA) is 54.5 Å². The standard InChI is InChI=1S/C15H19F4N3O2.ClH/c1-20-11-4-6-22(7-5-11)13(23)10-2-3-12(21-8-10)24-9-15(18,19)14(16)17;/h2-3,8,11,14,20H,4-7,9H2,1H3;1H. The Kier molecular flexibility index (Phi) is 7.88. The summed E-state index contributed by atoms with van der Waals surface area (Å²) in [4.78, 5) is 17.7. The number of aromatic nitrogens is 1. The van der Waals surface area contributed by atoms with Gasteiger partial charge in [-0.15, -0.1) is 12.4 Å². The van der Waals surface area contributed by atoms with E-state index in [-0.39, 0.29) is 24.2 Å². The molecule has 25 heavy (non-hydrogen) atoms. The minimum atomic E-state index is -4.24. The molecule has 142 valence electrons. The SMILES string of the molecule is CNC1CCN(C(=O)c2ccc(OCC(F)(F)C(F)F)nc2)CC1.Cl. The molecule has 0 saturated carbocycles. The molecule has 2 rings (SSSR count). The summed E-state index contributed by atoms with van der Waals surface area (Å²) in [7, 11) is 1.88. The first-order valence-corrected chi connectivity index (χ1v) is 7.55. The fourth-order valence-electron chi connectivity index (χ4n) is 2.38. The van der Waals surface area contributed by atoms with Crippen LogP contribution >= 0.6 is 12.4 Å². The largest absolute Gasteiger partial charge is 0.471 e. The lowest BCUT2D eigenvalue weighted by molar-refractivity contribution is -0.148. The Morgan fingerprint density at radius 3 is 2.52 bits per heavy atom. The summed E-state index contributed by atoms with van der Waals surface area (Å²) in [5, 5.41) is 3.16. The van der Waals surface area contributed by atoms with Gasteiger partial charge in [0.05, 0.1) is 5.56 Å². The Bertz CT molecular complexity index is 552. The number of carbonyl (C=O) groups is 1. The van der Waals surface area contributed by atoms with E-state index in [0.29, 0.717) is 24.7 Å². The summed E-state index contributed by atoms with van der Waals surface area (Å²) < 4.78 is 54.2. The van der Waals surface area contributed by atoms with Crippen LogP contribution in [-0.2, 0) is 0 Å². The van der Waals surface area contributed by atoms with Crippen LogP contribution in [0.15, 0.2) is 18.3 Å². The molecule has 0 spiro atoms. The van der Waals surface area contributed by atoms with Gasteiger partial charge >= 0.3 is 12.3 Å². The molecule has 1 aliphatic heterocycles. The van der Waals surface area contributed by atoms with Gasteiger partial charge in [0.25, 0.3) is 5.91 Å². The van der Waals surface area contributed by atoms with Crippen LogP contribution in [0.1, 0.15) is 23.2 Å². The van der Waals surface area contributed by atoms with Crippen molar-refractivity contribution in [2.24, 2.45) is 0 Å². The van der Waals surface area contributed by atoms with Crippen LogP contribution in [0.3, 0.4) is 0 Å². The Labute approximate surface area is 149 Å². The highest BCUT2D eigenvalue weighted by Gasteiger charge is 2.41. The molecule has 0 atom stereocenters. The Balaban J connectivity index is 0.00000312. The number of hydrogen-bond donors (Lipinski definition) is 1. The predicted octanol–water partition coefficient (Wildman–Crippen LogP) is 2.61. The molecule has 1 saturated heterocycles. The van der Waals surface area contributed by atoms with Crippen LogP contribution in [0.4, 0.5) is 17.6 Å². The van der Waals surface area contributed by atoms with Crippen molar-refractivity contribution in [1.82, 2.24) is 15.2 Å². The quantitative estimate of drug-likeness (QED) is 0.765. The van der Waals surface area contributed by atoms with Crippen LogP contribution in [0, 0.1) is 0 Å².